The molecule has 4 nitrogen and oxygen atoms in total. The zero-order valence-electron chi connectivity index (χ0n) is 11.6. The molecule has 1 aromatic heterocycles. The summed E-state index contributed by atoms with van der Waals surface area (Å²) in [7, 11) is 0. The lowest BCUT2D eigenvalue weighted by atomic mass is 10.2. The van der Waals surface area contributed by atoms with Crippen molar-refractivity contribution >= 4 is 28.5 Å². The number of hydrogen-bond acceptors (Lipinski definition) is 4. The third-order valence-electron chi connectivity index (χ3n) is 2.90. The molecule has 0 saturated heterocycles. The van der Waals surface area contributed by atoms with Crippen LogP contribution in [0.4, 0.5) is 5.13 Å². The number of nitrogens with one attached hydrogen (secondary N) is 1. The van der Waals surface area contributed by atoms with E-state index in [2.05, 4.69) is 15.5 Å². The molecule has 0 unspecified atom stereocenters. The van der Waals surface area contributed by atoms with Gasteiger partial charge in [0.05, 0.1) is 0 Å². The van der Waals surface area contributed by atoms with Gasteiger partial charge in [-0.05, 0) is 11.6 Å². The number of aromatic nitrogens is 2. The zero-order valence-corrected chi connectivity index (χ0v) is 12.5. The van der Waals surface area contributed by atoms with E-state index in [-0.39, 0.29) is 5.91 Å². The average Bonchev–Trinajstić information content (AvgIpc) is 3.03. The fraction of sp³-hybridized carbons (Fsp3) is 0. The first-order chi connectivity index (χ1) is 10.8. The highest BCUT2D eigenvalue weighted by molar-refractivity contribution is 7.18. The Hall–Kier alpha value is -2.79. The summed E-state index contributed by atoms with van der Waals surface area (Å²) in [5.74, 6) is -0.223. The smallest absolute Gasteiger partial charge is 0.250 e. The van der Waals surface area contributed by atoms with E-state index in [1.165, 1.54) is 17.4 Å². The van der Waals surface area contributed by atoms with Crippen molar-refractivity contribution in [1.29, 1.82) is 0 Å². The second-order valence-electron chi connectivity index (χ2n) is 4.51. The first-order valence-corrected chi connectivity index (χ1v) is 7.56. The summed E-state index contributed by atoms with van der Waals surface area (Å²) < 4.78 is 0. The molecule has 5 heteroatoms. The van der Waals surface area contributed by atoms with Crippen molar-refractivity contribution in [2.45, 2.75) is 0 Å². The molecule has 0 aliphatic heterocycles. The Morgan fingerprint density at radius 3 is 2.36 bits per heavy atom. The highest BCUT2D eigenvalue weighted by Crippen LogP contribution is 2.25. The highest BCUT2D eigenvalue weighted by atomic mass is 32.1. The van der Waals surface area contributed by atoms with Gasteiger partial charge < -0.3 is 0 Å². The van der Waals surface area contributed by atoms with Crippen molar-refractivity contribution in [2.75, 3.05) is 5.32 Å². The van der Waals surface area contributed by atoms with Crippen molar-refractivity contribution < 1.29 is 4.79 Å². The maximum absolute atomic E-state index is 11.9. The summed E-state index contributed by atoms with van der Waals surface area (Å²) in [6, 6.07) is 19.4. The summed E-state index contributed by atoms with van der Waals surface area (Å²) in [5, 5.41) is 12.1. The van der Waals surface area contributed by atoms with E-state index in [1.54, 1.807) is 6.08 Å². The molecular formula is C17H13N3OS. The van der Waals surface area contributed by atoms with Crippen molar-refractivity contribution in [1.82, 2.24) is 10.2 Å². The summed E-state index contributed by atoms with van der Waals surface area (Å²) in [4.78, 5) is 11.9. The topological polar surface area (TPSA) is 54.9 Å². The van der Waals surface area contributed by atoms with Crippen LogP contribution in [0.1, 0.15) is 5.56 Å². The van der Waals surface area contributed by atoms with E-state index >= 15 is 0 Å². The molecule has 22 heavy (non-hydrogen) atoms. The molecule has 0 atom stereocenters. The first kappa shape index (κ1) is 14.2. The van der Waals surface area contributed by atoms with Crippen LogP contribution in [0, 0.1) is 0 Å². The van der Waals surface area contributed by atoms with Gasteiger partial charge in [-0.15, -0.1) is 10.2 Å². The Morgan fingerprint density at radius 1 is 0.955 bits per heavy atom. The average molecular weight is 307 g/mol. The monoisotopic (exact) mass is 307 g/mol. The minimum Gasteiger partial charge on any atom is -0.297 e. The number of carbonyl (C=O) groups excluding carboxylic acids is 1. The van der Waals surface area contributed by atoms with Crippen molar-refractivity contribution in [2.24, 2.45) is 0 Å². The fourth-order valence-corrected chi connectivity index (χ4v) is 2.61. The molecule has 1 amide bonds. The molecule has 0 saturated carbocycles. The molecule has 0 aliphatic rings. The molecule has 0 aliphatic carbocycles. The van der Waals surface area contributed by atoms with Gasteiger partial charge in [-0.1, -0.05) is 72.0 Å². The quantitative estimate of drug-likeness (QED) is 0.745. The van der Waals surface area contributed by atoms with E-state index < -0.39 is 0 Å². The normalized spacial score (nSPS) is 10.7. The molecule has 3 aromatic rings. The number of anilines is 1. The molecule has 0 fully saturated rings. The SMILES string of the molecule is O=C(/C=C/c1ccccc1)Nc1nnc(-c2ccccc2)s1. The Morgan fingerprint density at radius 2 is 1.64 bits per heavy atom. The Labute approximate surface area is 132 Å². The number of carbonyl (C=O) groups is 1. The number of rotatable bonds is 4. The Balaban J connectivity index is 1.65. The van der Waals surface area contributed by atoms with Gasteiger partial charge in [-0.2, -0.15) is 0 Å². The van der Waals surface area contributed by atoms with Crippen LogP contribution >= 0.6 is 11.3 Å². The van der Waals surface area contributed by atoms with Crippen LogP contribution in [-0.2, 0) is 4.79 Å². The molecule has 0 spiro atoms. The van der Waals surface area contributed by atoms with E-state index in [1.807, 2.05) is 60.7 Å². The van der Waals surface area contributed by atoms with Crippen LogP contribution in [0.2, 0.25) is 0 Å². The van der Waals surface area contributed by atoms with Crippen LogP contribution in [0.25, 0.3) is 16.6 Å². The lowest BCUT2D eigenvalue weighted by molar-refractivity contribution is -0.111. The highest BCUT2D eigenvalue weighted by Gasteiger charge is 2.07. The van der Waals surface area contributed by atoms with Gasteiger partial charge in [-0.25, -0.2) is 0 Å². The van der Waals surface area contributed by atoms with E-state index in [9.17, 15) is 4.79 Å². The predicted octanol–water partition coefficient (Wildman–Crippen LogP) is 3.86. The number of amides is 1. The van der Waals surface area contributed by atoms with Gasteiger partial charge in [0.2, 0.25) is 11.0 Å². The van der Waals surface area contributed by atoms with Crippen molar-refractivity contribution in [3.63, 3.8) is 0 Å². The van der Waals surface area contributed by atoms with E-state index in [4.69, 9.17) is 0 Å². The third-order valence-corrected chi connectivity index (χ3v) is 3.79. The molecule has 108 valence electrons. The molecule has 2 aromatic carbocycles. The lowest BCUT2D eigenvalue weighted by Gasteiger charge is -1.95. The van der Waals surface area contributed by atoms with Crippen molar-refractivity contribution in [3.8, 4) is 10.6 Å². The summed E-state index contributed by atoms with van der Waals surface area (Å²) in [6.45, 7) is 0. The molecule has 0 radical (unpaired) electrons. The molecule has 0 bridgehead atoms. The van der Waals surface area contributed by atoms with Gasteiger partial charge >= 0.3 is 0 Å². The van der Waals surface area contributed by atoms with Crippen LogP contribution in [0.15, 0.2) is 66.7 Å². The Kier molecular flexibility index (Phi) is 4.36. The van der Waals surface area contributed by atoms with Gasteiger partial charge in [0.1, 0.15) is 5.01 Å². The standard InChI is InChI=1S/C17H13N3OS/c21-15(12-11-13-7-3-1-4-8-13)18-17-20-19-16(22-17)14-9-5-2-6-10-14/h1-12H,(H,18,20,21)/b12-11+. The van der Waals surface area contributed by atoms with Crippen LogP contribution in [0.5, 0.6) is 0 Å². The fourth-order valence-electron chi connectivity index (χ4n) is 1.85. The second kappa shape index (κ2) is 6.78. The number of benzene rings is 2. The molecular weight excluding hydrogens is 294 g/mol. The van der Waals surface area contributed by atoms with Crippen molar-refractivity contribution in [3.05, 3.63) is 72.3 Å². The summed E-state index contributed by atoms with van der Waals surface area (Å²) in [6.07, 6.45) is 3.24. The first-order valence-electron chi connectivity index (χ1n) is 6.74. The van der Waals surface area contributed by atoms with Crippen LogP contribution < -0.4 is 5.32 Å². The Bertz CT molecular complexity index is 782. The van der Waals surface area contributed by atoms with E-state index in [0.29, 0.717) is 5.13 Å². The zero-order chi connectivity index (χ0) is 15.2. The molecule has 1 N–H and O–H groups in total. The second-order valence-corrected chi connectivity index (χ2v) is 5.49. The summed E-state index contributed by atoms with van der Waals surface area (Å²) in [5.41, 5.74) is 1.96. The largest absolute Gasteiger partial charge is 0.297 e. The summed E-state index contributed by atoms with van der Waals surface area (Å²) >= 11 is 1.35. The van der Waals surface area contributed by atoms with E-state index in [0.717, 1.165) is 16.1 Å². The third kappa shape index (κ3) is 3.65. The van der Waals surface area contributed by atoms with Gasteiger partial charge in [0.25, 0.3) is 0 Å². The minimum atomic E-state index is -0.223. The predicted molar refractivity (Wildman–Crippen MR) is 89.5 cm³/mol. The maximum atomic E-state index is 11.9. The van der Waals surface area contributed by atoms with Crippen LogP contribution in [-0.4, -0.2) is 16.1 Å². The number of nitrogens with zero attached hydrogens (tertiary/aromatic N) is 2. The van der Waals surface area contributed by atoms with Gasteiger partial charge in [0, 0.05) is 11.6 Å². The maximum Gasteiger partial charge on any atom is 0.250 e. The lowest BCUT2D eigenvalue weighted by Crippen LogP contribution is -2.07. The van der Waals surface area contributed by atoms with Gasteiger partial charge in [-0.3, -0.25) is 10.1 Å². The number of hydrogen-bond donors (Lipinski definition) is 1. The van der Waals surface area contributed by atoms with Gasteiger partial charge in [0.15, 0.2) is 0 Å². The molecule has 1 heterocycles. The van der Waals surface area contributed by atoms with Crippen LogP contribution in [0.3, 0.4) is 0 Å². The minimum absolute atomic E-state index is 0.223. The molecule has 3 rings (SSSR count).